The molecule has 1 aromatic rings. The van der Waals surface area contributed by atoms with E-state index in [2.05, 4.69) is 22.5 Å². The molecular formula is C13H19N3O3S. The molecule has 0 aromatic carbocycles. The molecule has 1 saturated carbocycles. The molecule has 2 atom stereocenters. The lowest BCUT2D eigenvalue weighted by Crippen LogP contribution is -2.42. The van der Waals surface area contributed by atoms with Crippen LogP contribution in [0.4, 0.5) is 4.79 Å². The minimum absolute atomic E-state index is 0.214. The molecule has 7 heteroatoms. The summed E-state index contributed by atoms with van der Waals surface area (Å²) in [5.41, 5.74) is 0.490. The number of carboxylic acids is 1. The molecule has 0 spiro atoms. The predicted octanol–water partition coefficient (Wildman–Crippen LogP) is 2.14. The topological polar surface area (TPSA) is 91.3 Å². The monoisotopic (exact) mass is 297 g/mol. The quantitative estimate of drug-likeness (QED) is 0.794. The van der Waals surface area contributed by atoms with Crippen LogP contribution in [0.5, 0.6) is 0 Å². The van der Waals surface area contributed by atoms with Gasteiger partial charge in [0.25, 0.3) is 0 Å². The van der Waals surface area contributed by atoms with E-state index in [1.807, 2.05) is 0 Å². The second kappa shape index (κ2) is 6.21. The molecule has 1 aromatic heterocycles. The van der Waals surface area contributed by atoms with E-state index in [9.17, 15) is 9.59 Å². The van der Waals surface area contributed by atoms with Gasteiger partial charge in [-0.25, -0.2) is 14.6 Å². The number of nitrogens with one attached hydrogen (secondary N) is 2. The fourth-order valence-electron chi connectivity index (χ4n) is 2.46. The summed E-state index contributed by atoms with van der Waals surface area (Å²) in [6, 6.07) is 0.0242. The van der Waals surface area contributed by atoms with Crippen molar-refractivity contribution >= 4 is 23.3 Å². The van der Waals surface area contributed by atoms with Crippen LogP contribution in [0.25, 0.3) is 0 Å². The number of nitrogens with zero attached hydrogens (tertiary/aromatic N) is 1. The van der Waals surface area contributed by atoms with Gasteiger partial charge in [-0.1, -0.05) is 13.3 Å². The number of hydrogen-bond donors (Lipinski definition) is 3. The van der Waals surface area contributed by atoms with Crippen LogP contribution in [0.2, 0.25) is 0 Å². The number of rotatable bonds is 4. The first-order valence-electron chi connectivity index (χ1n) is 6.71. The molecular weight excluding hydrogens is 278 g/mol. The van der Waals surface area contributed by atoms with E-state index in [1.165, 1.54) is 0 Å². The van der Waals surface area contributed by atoms with Gasteiger partial charge in [0, 0.05) is 6.04 Å². The van der Waals surface area contributed by atoms with Crippen molar-refractivity contribution in [3.8, 4) is 0 Å². The van der Waals surface area contributed by atoms with Crippen LogP contribution >= 0.6 is 11.3 Å². The van der Waals surface area contributed by atoms with Gasteiger partial charge in [0.15, 0.2) is 0 Å². The van der Waals surface area contributed by atoms with E-state index in [1.54, 1.807) is 6.92 Å². The first-order chi connectivity index (χ1) is 9.47. The zero-order chi connectivity index (χ0) is 14.7. The van der Waals surface area contributed by atoms with Gasteiger partial charge in [0.2, 0.25) is 0 Å². The maximum Gasteiger partial charge on any atom is 0.347 e. The molecule has 0 radical (unpaired) electrons. The van der Waals surface area contributed by atoms with Gasteiger partial charge >= 0.3 is 12.0 Å². The van der Waals surface area contributed by atoms with Crippen LogP contribution < -0.4 is 10.6 Å². The molecule has 110 valence electrons. The van der Waals surface area contributed by atoms with E-state index in [0.29, 0.717) is 16.6 Å². The van der Waals surface area contributed by atoms with Crippen molar-refractivity contribution < 1.29 is 14.7 Å². The number of hydrogen-bond acceptors (Lipinski definition) is 4. The van der Waals surface area contributed by atoms with Gasteiger partial charge in [0.1, 0.15) is 9.88 Å². The smallest absolute Gasteiger partial charge is 0.347 e. The minimum atomic E-state index is -0.976. The average molecular weight is 297 g/mol. The Bertz CT molecular complexity index is 515. The van der Waals surface area contributed by atoms with E-state index in [-0.39, 0.29) is 23.5 Å². The number of aryl methyl sites for hydroxylation is 1. The fraction of sp³-hybridized carbons (Fsp3) is 0.615. The zero-order valence-electron chi connectivity index (χ0n) is 11.6. The predicted molar refractivity (Wildman–Crippen MR) is 76.0 cm³/mol. The molecule has 1 heterocycles. The first kappa shape index (κ1) is 14.8. The molecule has 1 fully saturated rings. The van der Waals surface area contributed by atoms with Crippen molar-refractivity contribution in [3.05, 3.63) is 15.6 Å². The number of carbonyl (C=O) groups is 2. The van der Waals surface area contributed by atoms with E-state index >= 15 is 0 Å². The Morgan fingerprint density at radius 3 is 2.75 bits per heavy atom. The summed E-state index contributed by atoms with van der Waals surface area (Å²) in [6.07, 6.45) is 3.33. The summed E-state index contributed by atoms with van der Waals surface area (Å²) in [5.74, 6) is -0.461. The molecule has 2 rings (SSSR count). The van der Waals surface area contributed by atoms with Crippen molar-refractivity contribution in [3.63, 3.8) is 0 Å². The number of carboxylic acid groups (broad SMARTS) is 1. The third-order valence-electron chi connectivity index (χ3n) is 3.61. The minimum Gasteiger partial charge on any atom is -0.477 e. The highest BCUT2D eigenvalue weighted by atomic mass is 32.1. The van der Waals surface area contributed by atoms with E-state index in [4.69, 9.17) is 5.11 Å². The van der Waals surface area contributed by atoms with Crippen molar-refractivity contribution in [2.75, 3.05) is 0 Å². The SMILES string of the molecule is Cc1nc(CNC(=O)NC2CCCC2C)sc1C(=O)O. The van der Waals surface area contributed by atoms with Crippen LogP contribution in [-0.4, -0.2) is 28.1 Å². The number of aromatic carboxylic acids is 1. The Balaban J connectivity index is 1.84. The molecule has 0 bridgehead atoms. The van der Waals surface area contributed by atoms with Crippen LogP contribution in [0.1, 0.15) is 46.6 Å². The molecule has 3 N–H and O–H groups in total. The summed E-state index contributed by atoms with van der Waals surface area (Å²) < 4.78 is 0. The normalized spacial score (nSPS) is 21.7. The third kappa shape index (κ3) is 3.47. The largest absolute Gasteiger partial charge is 0.477 e. The number of thiazole rings is 1. The lowest BCUT2D eigenvalue weighted by atomic mass is 10.1. The standard InChI is InChI=1S/C13H19N3O3S/c1-7-4-3-5-9(7)16-13(19)14-6-10-15-8(2)11(20-10)12(17)18/h7,9H,3-6H2,1-2H3,(H,17,18)(H2,14,16,19). The fourth-order valence-corrected chi connectivity index (χ4v) is 3.30. The highest BCUT2D eigenvalue weighted by molar-refractivity contribution is 7.13. The van der Waals surface area contributed by atoms with Crippen molar-refractivity contribution in [2.24, 2.45) is 5.92 Å². The zero-order valence-corrected chi connectivity index (χ0v) is 12.4. The van der Waals surface area contributed by atoms with Gasteiger partial charge in [-0.05, 0) is 25.7 Å². The van der Waals surface area contributed by atoms with Crippen LogP contribution in [0.15, 0.2) is 0 Å². The molecule has 1 aliphatic rings. The Morgan fingerprint density at radius 2 is 2.20 bits per heavy atom. The van der Waals surface area contributed by atoms with Gasteiger partial charge in [-0.3, -0.25) is 0 Å². The molecule has 20 heavy (non-hydrogen) atoms. The van der Waals surface area contributed by atoms with E-state index in [0.717, 1.165) is 30.6 Å². The summed E-state index contributed by atoms with van der Waals surface area (Å²) >= 11 is 1.10. The molecule has 6 nitrogen and oxygen atoms in total. The Morgan fingerprint density at radius 1 is 1.45 bits per heavy atom. The van der Waals surface area contributed by atoms with Crippen molar-refractivity contribution in [1.82, 2.24) is 15.6 Å². The average Bonchev–Trinajstić information content (AvgIpc) is 2.94. The maximum atomic E-state index is 11.8. The number of amides is 2. The highest BCUT2D eigenvalue weighted by Crippen LogP contribution is 2.24. The lowest BCUT2D eigenvalue weighted by molar-refractivity contribution is 0.0701. The van der Waals surface area contributed by atoms with Gasteiger partial charge in [0.05, 0.1) is 12.2 Å². The summed E-state index contributed by atoms with van der Waals surface area (Å²) in [7, 11) is 0. The highest BCUT2D eigenvalue weighted by Gasteiger charge is 2.24. The van der Waals surface area contributed by atoms with Gasteiger partial charge < -0.3 is 15.7 Å². The van der Waals surface area contributed by atoms with Gasteiger partial charge in [-0.2, -0.15) is 0 Å². The molecule has 1 aliphatic carbocycles. The third-order valence-corrected chi connectivity index (χ3v) is 4.76. The first-order valence-corrected chi connectivity index (χ1v) is 7.53. The van der Waals surface area contributed by atoms with Gasteiger partial charge in [-0.15, -0.1) is 11.3 Å². The summed E-state index contributed by atoms with van der Waals surface area (Å²) in [6.45, 7) is 4.05. The number of aromatic nitrogens is 1. The lowest BCUT2D eigenvalue weighted by Gasteiger charge is -2.17. The Labute approximate surface area is 121 Å². The van der Waals surface area contributed by atoms with Crippen LogP contribution in [0.3, 0.4) is 0 Å². The number of urea groups is 1. The Kier molecular flexibility index (Phi) is 4.59. The summed E-state index contributed by atoms with van der Waals surface area (Å²) in [5, 5.41) is 15.2. The molecule has 2 amide bonds. The van der Waals surface area contributed by atoms with Crippen molar-refractivity contribution in [1.29, 1.82) is 0 Å². The maximum absolute atomic E-state index is 11.8. The second-order valence-corrected chi connectivity index (χ2v) is 6.25. The molecule has 2 unspecified atom stereocenters. The second-order valence-electron chi connectivity index (χ2n) is 5.17. The van der Waals surface area contributed by atoms with E-state index < -0.39 is 5.97 Å². The Hall–Kier alpha value is -1.63. The number of carbonyl (C=O) groups excluding carboxylic acids is 1. The molecule has 0 saturated heterocycles. The van der Waals surface area contributed by atoms with Crippen LogP contribution in [-0.2, 0) is 6.54 Å². The van der Waals surface area contributed by atoms with Crippen LogP contribution in [0, 0.1) is 12.8 Å². The molecule has 0 aliphatic heterocycles. The summed E-state index contributed by atoms with van der Waals surface area (Å²) in [4.78, 5) is 27.1. The van der Waals surface area contributed by atoms with Crippen molar-refractivity contribution in [2.45, 2.75) is 45.7 Å².